The number of likely N-dealkylation sites (N-methyl/N-ethyl adjacent to an activating group) is 1. The molecule has 0 fully saturated rings. The van der Waals surface area contributed by atoms with Crippen molar-refractivity contribution in [1.29, 1.82) is 5.41 Å². The van der Waals surface area contributed by atoms with E-state index in [0.717, 1.165) is 6.08 Å². The van der Waals surface area contributed by atoms with E-state index >= 15 is 0 Å². The van der Waals surface area contributed by atoms with Crippen LogP contribution in [0.5, 0.6) is 0 Å². The quantitative estimate of drug-likeness (QED) is 0.133. The monoisotopic (exact) mass is 377 g/mol. The van der Waals surface area contributed by atoms with Crippen LogP contribution in [-0.2, 0) is 19.1 Å². The highest BCUT2D eigenvalue weighted by atomic mass is 79.9. The Hall–Kier alpha value is -1.67. The van der Waals surface area contributed by atoms with Crippen molar-refractivity contribution in [3.8, 4) is 0 Å². The number of hydrogen-bond acceptors (Lipinski definition) is 7. The number of methoxy groups -OCH3 is 1. The average molecular weight is 378 g/mol. The summed E-state index contributed by atoms with van der Waals surface area (Å²) in [5, 5.41) is 7.16. The number of nitrogens with zero attached hydrogens (tertiary/aromatic N) is 1. The van der Waals surface area contributed by atoms with E-state index in [4.69, 9.17) is 15.9 Å². The fraction of sp³-hybridized carbons (Fsp3) is 0.500. The van der Waals surface area contributed by atoms with E-state index in [1.807, 2.05) is 13.8 Å². The number of ether oxygens (including phenoxy) is 2. The molecule has 0 bridgehead atoms. The molecule has 1 atom stereocenters. The Morgan fingerprint density at radius 2 is 2.00 bits per heavy atom. The smallest absolute Gasteiger partial charge is 0.339 e. The van der Waals surface area contributed by atoms with Crippen molar-refractivity contribution in [3.05, 3.63) is 22.3 Å². The van der Waals surface area contributed by atoms with Gasteiger partial charge in [0.15, 0.2) is 12.1 Å². The molecule has 0 aromatic rings. The first-order chi connectivity index (χ1) is 10.3. The maximum absolute atomic E-state index is 11.5. The van der Waals surface area contributed by atoms with E-state index < -0.39 is 12.2 Å². The van der Waals surface area contributed by atoms with Crippen LogP contribution in [0.4, 0.5) is 0 Å². The van der Waals surface area contributed by atoms with Gasteiger partial charge in [0.05, 0.1) is 19.2 Å². The summed E-state index contributed by atoms with van der Waals surface area (Å²) in [5.74, 6) is -0.616. The van der Waals surface area contributed by atoms with Gasteiger partial charge in [0.2, 0.25) is 0 Å². The first kappa shape index (κ1) is 22.6. The molecule has 0 aliphatic carbocycles. The van der Waals surface area contributed by atoms with Gasteiger partial charge >= 0.3 is 5.97 Å². The average Bonchev–Trinajstić information content (AvgIpc) is 2.44. The van der Waals surface area contributed by atoms with Crippen molar-refractivity contribution < 1.29 is 19.1 Å². The minimum atomic E-state index is -0.675. The van der Waals surface area contributed by atoms with Crippen LogP contribution in [-0.4, -0.2) is 50.0 Å². The number of carbonyl (C=O) groups is 2. The van der Waals surface area contributed by atoms with Gasteiger partial charge in [-0.2, -0.15) is 0 Å². The highest BCUT2D eigenvalue weighted by Crippen LogP contribution is 2.18. The standard InChI is InChI=1S/C12H18BrN3O4.C2H6/c1-8(14)20-11(15)7-16(2)6-10(13)9(4-5-17)12(18)19-3;1-2/h4-6,11,14H,7,15H2,1-3H3;1-2H3/b9-4+,10-6+,14-8?;. The van der Waals surface area contributed by atoms with E-state index in [0.29, 0.717) is 17.3 Å². The summed E-state index contributed by atoms with van der Waals surface area (Å²) in [4.78, 5) is 23.6. The molecular formula is C14H24BrN3O4. The van der Waals surface area contributed by atoms with Crippen LogP contribution in [0.15, 0.2) is 22.3 Å². The Kier molecular flexibility index (Phi) is 13.4. The predicted octanol–water partition coefficient (Wildman–Crippen LogP) is 1.78. The van der Waals surface area contributed by atoms with Crippen LogP contribution in [0.2, 0.25) is 0 Å². The Morgan fingerprint density at radius 3 is 2.41 bits per heavy atom. The zero-order valence-corrected chi connectivity index (χ0v) is 15.1. The summed E-state index contributed by atoms with van der Waals surface area (Å²) in [6, 6.07) is 0. The van der Waals surface area contributed by atoms with Gasteiger partial charge in [-0.25, -0.2) is 4.79 Å². The summed E-state index contributed by atoms with van der Waals surface area (Å²) in [6.45, 7) is 5.77. The summed E-state index contributed by atoms with van der Waals surface area (Å²) in [6.07, 6.45) is 2.48. The minimum absolute atomic E-state index is 0.0186. The number of carbonyl (C=O) groups excluding carboxylic acids is 2. The van der Waals surface area contributed by atoms with Gasteiger partial charge in [-0.1, -0.05) is 13.8 Å². The normalized spacial score (nSPS) is 12.5. The zero-order chi connectivity index (χ0) is 17.7. The second-order valence-corrected chi connectivity index (χ2v) is 4.69. The maximum atomic E-state index is 11.5. The van der Waals surface area contributed by atoms with Gasteiger partial charge in [-0.15, -0.1) is 0 Å². The highest BCUT2D eigenvalue weighted by molar-refractivity contribution is 9.12. The first-order valence-electron chi connectivity index (χ1n) is 6.60. The lowest BCUT2D eigenvalue weighted by molar-refractivity contribution is -0.135. The van der Waals surface area contributed by atoms with E-state index in [1.165, 1.54) is 14.0 Å². The van der Waals surface area contributed by atoms with Crippen molar-refractivity contribution in [2.45, 2.75) is 27.0 Å². The first-order valence-corrected chi connectivity index (χ1v) is 7.40. The van der Waals surface area contributed by atoms with Gasteiger partial charge < -0.3 is 14.4 Å². The topological polar surface area (TPSA) is 106 Å². The van der Waals surface area contributed by atoms with Crippen LogP contribution < -0.4 is 5.73 Å². The van der Waals surface area contributed by atoms with E-state index in [9.17, 15) is 9.59 Å². The lowest BCUT2D eigenvalue weighted by atomic mass is 10.2. The molecule has 0 aliphatic heterocycles. The summed E-state index contributed by atoms with van der Waals surface area (Å²) in [5.41, 5.74) is 5.75. The molecular weight excluding hydrogens is 354 g/mol. The van der Waals surface area contributed by atoms with Gasteiger partial charge in [-0.3, -0.25) is 15.9 Å². The molecule has 8 heteroatoms. The van der Waals surface area contributed by atoms with Crippen molar-refractivity contribution in [1.82, 2.24) is 4.90 Å². The van der Waals surface area contributed by atoms with Gasteiger partial charge in [-0.05, 0) is 22.0 Å². The van der Waals surface area contributed by atoms with E-state index in [2.05, 4.69) is 20.7 Å². The van der Waals surface area contributed by atoms with Crippen molar-refractivity contribution in [2.24, 2.45) is 5.73 Å². The number of esters is 1. The van der Waals surface area contributed by atoms with Crippen LogP contribution >= 0.6 is 15.9 Å². The summed E-state index contributed by atoms with van der Waals surface area (Å²) < 4.78 is 9.93. The van der Waals surface area contributed by atoms with Crippen molar-refractivity contribution in [3.63, 3.8) is 0 Å². The molecule has 0 heterocycles. The zero-order valence-electron chi connectivity index (χ0n) is 13.6. The number of rotatable bonds is 7. The molecule has 1 unspecified atom stereocenters. The Bertz CT molecular complexity index is 436. The highest BCUT2D eigenvalue weighted by Gasteiger charge is 2.14. The largest absolute Gasteiger partial charge is 0.465 e. The molecule has 3 N–H and O–H groups in total. The predicted molar refractivity (Wildman–Crippen MR) is 89.6 cm³/mol. The summed E-state index contributed by atoms with van der Waals surface area (Å²) in [7, 11) is 2.93. The van der Waals surface area contributed by atoms with Crippen LogP contribution in [0, 0.1) is 5.41 Å². The molecule has 126 valence electrons. The maximum Gasteiger partial charge on any atom is 0.339 e. The molecule has 0 rings (SSSR count). The second kappa shape index (κ2) is 13.0. The third-order valence-corrected chi connectivity index (χ3v) is 2.66. The Morgan fingerprint density at radius 1 is 1.45 bits per heavy atom. The lowest BCUT2D eigenvalue weighted by Crippen LogP contribution is -2.36. The van der Waals surface area contributed by atoms with Crippen LogP contribution in [0.3, 0.4) is 0 Å². The number of halogens is 1. The van der Waals surface area contributed by atoms with E-state index in [1.54, 1.807) is 18.1 Å². The second-order valence-electron chi connectivity index (χ2n) is 3.84. The Balaban J connectivity index is 0. The SMILES string of the molecule is CC.COC(=O)C(=C/C=O)/C(Br)=C\N(C)CC(N)OC(C)=N. The van der Waals surface area contributed by atoms with Crippen LogP contribution in [0.25, 0.3) is 0 Å². The minimum Gasteiger partial charge on any atom is -0.465 e. The number of aldehydes is 1. The van der Waals surface area contributed by atoms with Gasteiger partial charge in [0.1, 0.15) is 6.29 Å². The molecule has 0 aromatic heterocycles. The van der Waals surface area contributed by atoms with Crippen LogP contribution in [0.1, 0.15) is 20.8 Å². The third kappa shape index (κ3) is 10.1. The molecule has 0 radical (unpaired) electrons. The van der Waals surface area contributed by atoms with Crippen molar-refractivity contribution in [2.75, 3.05) is 20.7 Å². The van der Waals surface area contributed by atoms with Gasteiger partial charge in [0, 0.05) is 24.7 Å². The number of allylic oxidation sites excluding steroid dienone is 1. The number of nitrogens with two attached hydrogens (primary N) is 1. The molecule has 0 amide bonds. The molecule has 0 saturated carbocycles. The van der Waals surface area contributed by atoms with Gasteiger partial charge in [0.25, 0.3) is 0 Å². The summed E-state index contributed by atoms with van der Waals surface area (Å²) >= 11 is 3.20. The molecule has 0 aromatic carbocycles. The molecule has 0 saturated heterocycles. The Labute approximate surface area is 139 Å². The van der Waals surface area contributed by atoms with E-state index in [-0.39, 0.29) is 11.5 Å². The fourth-order valence-electron chi connectivity index (χ4n) is 1.29. The number of nitrogens with one attached hydrogen (secondary N) is 1. The molecule has 0 spiro atoms. The fourth-order valence-corrected chi connectivity index (χ4v) is 1.93. The van der Waals surface area contributed by atoms with Crippen molar-refractivity contribution >= 4 is 34.1 Å². The molecule has 0 aliphatic rings. The lowest BCUT2D eigenvalue weighted by Gasteiger charge is -2.20. The molecule has 7 nitrogen and oxygen atoms in total. The number of hydrogen-bond donors (Lipinski definition) is 2. The third-order valence-electron chi connectivity index (χ3n) is 2.03. The molecule has 22 heavy (non-hydrogen) atoms.